The average Bonchev–Trinajstić information content (AvgIpc) is 2.48. The molecule has 0 aliphatic rings. The third-order valence-corrected chi connectivity index (χ3v) is 3.60. The SMILES string of the molecule is COc1ccc(CN(C)CC(O)c2ccc(Cl)cc2)cc1. The molecule has 21 heavy (non-hydrogen) atoms. The van der Waals surface area contributed by atoms with Gasteiger partial charge < -0.3 is 9.84 Å². The second-order valence-electron chi connectivity index (χ2n) is 5.11. The van der Waals surface area contributed by atoms with E-state index in [9.17, 15) is 5.11 Å². The van der Waals surface area contributed by atoms with Crippen molar-refractivity contribution in [3.05, 3.63) is 64.7 Å². The number of methoxy groups -OCH3 is 1. The van der Waals surface area contributed by atoms with E-state index in [2.05, 4.69) is 4.90 Å². The Balaban J connectivity index is 1.91. The van der Waals surface area contributed by atoms with Crippen LogP contribution in [0.4, 0.5) is 0 Å². The molecule has 2 aromatic rings. The largest absolute Gasteiger partial charge is 0.497 e. The van der Waals surface area contributed by atoms with Gasteiger partial charge in [-0.3, -0.25) is 4.90 Å². The van der Waals surface area contributed by atoms with Crippen molar-refractivity contribution in [2.75, 3.05) is 20.7 Å². The lowest BCUT2D eigenvalue weighted by Crippen LogP contribution is -2.24. The number of ether oxygens (including phenoxy) is 1. The second-order valence-corrected chi connectivity index (χ2v) is 5.55. The van der Waals surface area contributed by atoms with Crippen LogP contribution in [-0.4, -0.2) is 30.7 Å². The van der Waals surface area contributed by atoms with Crippen LogP contribution >= 0.6 is 11.6 Å². The summed E-state index contributed by atoms with van der Waals surface area (Å²) in [5.41, 5.74) is 2.06. The number of likely N-dealkylation sites (N-methyl/N-ethyl adjacent to an activating group) is 1. The van der Waals surface area contributed by atoms with Crippen LogP contribution in [0.25, 0.3) is 0 Å². The van der Waals surface area contributed by atoms with Gasteiger partial charge in [0.05, 0.1) is 13.2 Å². The van der Waals surface area contributed by atoms with Crippen LogP contribution in [0.2, 0.25) is 5.02 Å². The highest BCUT2D eigenvalue weighted by atomic mass is 35.5. The molecule has 2 rings (SSSR count). The summed E-state index contributed by atoms with van der Waals surface area (Å²) in [5, 5.41) is 10.9. The molecular formula is C17H20ClNO2. The van der Waals surface area contributed by atoms with E-state index >= 15 is 0 Å². The maximum Gasteiger partial charge on any atom is 0.118 e. The fraction of sp³-hybridized carbons (Fsp3) is 0.294. The van der Waals surface area contributed by atoms with Gasteiger partial charge in [0.1, 0.15) is 5.75 Å². The predicted molar refractivity (Wildman–Crippen MR) is 85.7 cm³/mol. The van der Waals surface area contributed by atoms with Gasteiger partial charge in [-0.15, -0.1) is 0 Å². The zero-order valence-electron chi connectivity index (χ0n) is 12.3. The highest BCUT2D eigenvalue weighted by Crippen LogP contribution is 2.18. The third kappa shape index (κ3) is 4.74. The van der Waals surface area contributed by atoms with Crippen LogP contribution in [0.3, 0.4) is 0 Å². The number of hydrogen-bond acceptors (Lipinski definition) is 3. The Morgan fingerprint density at radius 2 is 1.71 bits per heavy atom. The van der Waals surface area contributed by atoms with Crippen LogP contribution < -0.4 is 4.74 Å². The summed E-state index contributed by atoms with van der Waals surface area (Å²) in [4.78, 5) is 2.08. The highest BCUT2D eigenvalue weighted by molar-refractivity contribution is 6.30. The molecule has 0 aliphatic heterocycles. The van der Waals surface area contributed by atoms with Crippen molar-refractivity contribution in [1.82, 2.24) is 4.90 Å². The normalized spacial score (nSPS) is 12.4. The van der Waals surface area contributed by atoms with Gasteiger partial charge in [-0.25, -0.2) is 0 Å². The number of hydrogen-bond donors (Lipinski definition) is 1. The smallest absolute Gasteiger partial charge is 0.118 e. The highest BCUT2D eigenvalue weighted by Gasteiger charge is 2.11. The minimum Gasteiger partial charge on any atom is -0.497 e. The van der Waals surface area contributed by atoms with Gasteiger partial charge >= 0.3 is 0 Å². The van der Waals surface area contributed by atoms with E-state index in [0.717, 1.165) is 17.9 Å². The van der Waals surface area contributed by atoms with E-state index in [1.54, 1.807) is 19.2 Å². The quantitative estimate of drug-likeness (QED) is 0.886. The lowest BCUT2D eigenvalue weighted by molar-refractivity contribution is 0.124. The molecular weight excluding hydrogens is 286 g/mol. The molecule has 0 heterocycles. The molecule has 0 spiro atoms. The van der Waals surface area contributed by atoms with Crippen molar-refractivity contribution >= 4 is 11.6 Å². The summed E-state index contributed by atoms with van der Waals surface area (Å²) in [5.74, 6) is 0.850. The third-order valence-electron chi connectivity index (χ3n) is 3.35. The molecule has 0 aliphatic carbocycles. The first-order valence-corrected chi connectivity index (χ1v) is 7.21. The van der Waals surface area contributed by atoms with Crippen molar-refractivity contribution in [2.24, 2.45) is 0 Å². The predicted octanol–water partition coefficient (Wildman–Crippen LogP) is 3.51. The first-order chi connectivity index (χ1) is 10.1. The van der Waals surface area contributed by atoms with Crippen LogP contribution in [-0.2, 0) is 6.54 Å². The molecule has 0 aromatic heterocycles. The molecule has 0 saturated carbocycles. The lowest BCUT2D eigenvalue weighted by Gasteiger charge is -2.21. The summed E-state index contributed by atoms with van der Waals surface area (Å²) in [6.07, 6.45) is -0.523. The minimum atomic E-state index is -0.523. The molecule has 0 bridgehead atoms. The first-order valence-electron chi connectivity index (χ1n) is 6.83. The second kappa shape index (κ2) is 7.46. The van der Waals surface area contributed by atoms with E-state index in [4.69, 9.17) is 16.3 Å². The number of rotatable bonds is 6. The average molecular weight is 306 g/mol. The maximum atomic E-state index is 10.2. The fourth-order valence-electron chi connectivity index (χ4n) is 2.19. The number of aliphatic hydroxyl groups is 1. The zero-order valence-corrected chi connectivity index (χ0v) is 13.0. The Bertz CT molecular complexity index is 554. The Morgan fingerprint density at radius 1 is 1.10 bits per heavy atom. The molecule has 1 N–H and O–H groups in total. The van der Waals surface area contributed by atoms with E-state index in [1.807, 2.05) is 43.4 Å². The number of halogens is 1. The Hall–Kier alpha value is -1.55. The molecule has 1 unspecified atom stereocenters. The van der Waals surface area contributed by atoms with Crippen molar-refractivity contribution in [3.8, 4) is 5.75 Å². The van der Waals surface area contributed by atoms with Crippen LogP contribution in [0, 0.1) is 0 Å². The van der Waals surface area contributed by atoms with E-state index < -0.39 is 6.10 Å². The van der Waals surface area contributed by atoms with E-state index in [0.29, 0.717) is 11.6 Å². The Kier molecular flexibility index (Phi) is 5.62. The summed E-state index contributed by atoms with van der Waals surface area (Å²) in [7, 11) is 3.65. The number of benzene rings is 2. The zero-order chi connectivity index (χ0) is 15.2. The molecule has 4 heteroatoms. The molecule has 2 aromatic carbocycles. The molecule has 0 amide bonds. The van der Waals surface area contributed by atoms with Crippen molar-refractivity contribution in [2.45, 2.75) is 12.6 Å². The summed E-state index contributed by atoms with van der Waals surface area (Å²) in [6, 6.07) is 15.3. The molecule has 1 atom stereocenters. The standard InChI is InChI=1S/C17H20ClNO2/c1-19(11-13-3-9-16(21-2)10-4-13)12-17(20)14-5-7-15(18)8-6-14/h3-10,17,20H,11-12H2,1-2H3. The Labute approximate surface area is 130 Å². The van der Waals surface area contributed by atoms with E-state index in [1.165, 1.54) is 5.56 Å². The van der Waals surface area contributed by atoms with Crippen molar-refractivity contribution < 1.29 is 9.84 Å². The van der Waals surface area contributed by atoms with Crippen molar-refractivity contribution in [1.29, 1.82) is 0 Å². The van der Waals surface area contributed by atoms with Gasteiger partial charge in [-0.1, -0.05) is 35.9 Å². The molecule has 0 radical (unpaired) electrons. The number of nitrogens with zero attached hydrogens (tertiary/aromatic N) is 1. The van der Waals surface area contributed by atoms with Gasteiger partial charge in [0.15, 0.2) is 0 Å². The van der Waals surface area contributed by atoms with E-state index in [-0.39, 0.29) is 0 Å². The Morgan fingerprint density at radius 3 is 2.29 bits per heavy atom. The van der Waals surface area contributed by atoms with Crippen LogP contribution in [0.1, 0.15) is 17.2 Å². The number of aliphatic hydroxyl groups excluding tert-OH is 1. The fourth-order valence-corrected chi connectivity index (χ4v) is 2.32. The molecule has 0 saturated heterocycles. The van der Waals surface area contributed by atoms with Gasteiger partial charge in [-0.2, -0.15) is 0 Å². The lowest BCUT2D eigenvalue weighted by atomic mass is 10.1. The topological polar surface area (TPSA) is 32.7 Å². The van der Waals surface area contributed by atoms with Gasteiger partial charge in [0.25, 0.3) is 0 Å². The maximum absolute atomic E-state index is 10.2. The molecule has 112 valence electrons. The van der Waals surface area contributed by atoms with Crippen LogP contribution in [0.5, 0.6) is 5.75 Å². The molecule has 3 nitrogen and oxygen atoms in total. The van der Waals surface area contributed by atoms with Gasteiger partial charge in [-0.05, 0) is 42.4 Å². The van der Waals surface area contributed by atoms with Gasteiger partial charge in [0, 0.05) is 18.1 Å². The summed E-state index contributed by atoms with van der Waals surface area (Å²) < 4.78 is 5.14. The first kappa shape index (κ1) is 15.8. The minimum absolute atomic E-state index is 0.523. The van der Waals surface area contributed by atoms with Crippen LogP contribution in [0.15, 0.2) is 48.5 Å². The summed E-state index contributed by atoms with van der Waals surface area (Å²) in [6.45, 7) is 1.34. The molecule has 0 fully saturated rings. The monoisotopic (exact) mass is 305 g/mol. The van der Waals surface area contributed by atoms with Crippen molar-refractivity contribution in [3.63, 3.8) is 0 Å². The van der Waals surface area contributed by atoms with Gasteiger partial charge in [0.2, 0.25) is 0 Å². The summed E-state index contributed by atoms with van der Waals surface area (Å²) >= 11 is 5.85.